The molecule has 0 radical (unpaired) electrons. The number of furan rings is 1. The SMILES string of the molecule is CCn1c(SCc2nnc(-c3ccco3)o2)nc2sc3c(c2c1=O)CCCC3. The zero-order chi connectivity index (χ0) is 19.1. The number of thiophene rings is 1. The molecule has 0 aromatic carbocycles. The lowest BCUT2D eigenvalue weighted by atomic mass is 9.97. The number of aromatic nitrogens is 4. The number of rotatable bonds is 5. The molecule has 7 nitrogen and oxygen atoms in total. The quantitative estimate of drug-likeness (QED) is 0.355. The van der Waals surface area contributed by atoms with Gasteiger partial charge in [0.2, 0.25) is 5.89 Å². The Morgan fingerprint density at radius 3 is 3.00 bits per heavy atom. The predicted molar refractivity (Wildman–Crippen MR) is 108 cm³/mol. The van der Waals surface area contributed by atoms with Gasteiger partial charge in [0.05, 0.1) is 17.4 Å². The second-order valence-electron chi connectivity index (χ2n) is 6.60. The van der Waals surface area contributed by atoms with Gasteiger partial charge < -0.3 is 8.83 Å². The van der Waals surface area contributed by atoms with Crippen LogP contribution < -0.4 is 5.56 Å². The van der Waals surface area contributed by atoms with Crippen LogP contribution in [0.25, 0.3) is 21.9 Å². The summed E-state index contributed by atoms with van der Waals surface area (Å²) < 4.78 is 12.7. The summed E-state index contributed by atoms with van der Waals surface area (Å²) in [6.45, 7) is 2.55. The van der Waals surface area contributed by atoms with Gasteiger partial charge in [-0.25, -0.2) is 4.98 Å². The van der Waals surface area contributed by atoms with Crippen LogP contribution in [-0.2, 0) is 25.1 Å². The van der Waals surface area contributed by atoms with Crippen molar-refractivity contribution in [3.63, 3.8) is 0 Å². The number of fused-ring (bicyclic) bond motifs is 3. The van der Waals surface area contributed by atoms with E-state index in [1.54, 1.807) is 34.3 Å². The van der Waals surface area contributed by atoms with Crippen molar-refractivity contribution in [2.24, 2.45) is 0 Å². The van der Waals surface area contributed by atoms with Gasteiger partial charge in [0.25, 0.3) is 11.4 Å². The molecule has 5 rings (SSSR count). The van der Waals surface area contributed by atoms with Gasteiger partial charge in [0.15, 0.2) is 10.9 Å². The Morgan fingerprint density at radius 1 is 1.29 bits per heavy atom. The van der Waals surface area contributed by atoms with Crippen LogP contribution in [0.2, 0.25) is 0 Å². The van der Waals surface area contributed by atoms with E-state index in [0.717, 1.165) is 29.5 Å². The number of nitrogens with zero attached hydrogens (tertiary/aromatic N) is 4. The highest BCUT2D eigenvalue weighted by molar-refractivity contribution is 7.98. The first-order chi connectivity index (χ1) is 13.7. The van der Waals surface area contributed by atoms with Gasteiger partial charge in [0.1, 0.15) is 4.83 Å². The lowest BCUT2D eigenvalue weighted by molar-refractivity contribution is 0.494. The van der Waals surface area contributed by atoms with Crippen molar-refractivity contribution in [2.75, 3.05) is 0 Å². The molecule has 9 heteroatoms. The minimum absolute atomic E-state index is 0.0659. The van der Waals surface area contributed by atoms with Crippen molar-refractivity contribution in [3.05, 3.63) is 45.1 Å². The molecule has 0 amide bonds. The van der Waals surface area contributed by atoms with Gasteiger partial charge in [-0.1, -0.05) is 11.8 Å². The molecule has 4 heterocycles. The summed E-state index contributed by atoms with van der Waals surface area (Å²) >= 11 is 3.11. The predicted octanol–water partition coefficient (Wildman–Crippen LogP) is 4.29. The van der Waals surface area contributed by atoms with E-state index < -0.39 is 0 Å². The Balaban J connectivity index is 1.46. The van der Waals surface area contributed by atoms with Crippen LogP contribution in [0.1, 0.15) is 36.1 Å². The van der Waals surface area contributed by atoms with Crippen molar-refractivity contribution in [1.82, 2.24) is 19.7 Å². The van der Waals surface area contributed by atoms with E-state index in [0.29, 0.717) is 35.0 Å². The Bertz CT molecular complexity index is 1190. The Labute approximate surface area is 168 Å². The molecule has 0 aliphatic heterocycles. The second-order valence-corrected chi connectivity index (χ2v) is 8.63. The summed E-state index contributed by atoms with van der Waals surface area (Å²) in [7, 11) is 0. The molecule has 1 aliphatic rings. The Morgan fingerprint density at radius 2 is 2.18 bits per heavy atom. The Hall–Kier alpha value is -2.39. The van der Waals surface area contributed by atoms with Crippen molar-refractivity contribution < 1.29 is 8.83 Å². The number of hydrogen-bond donors (Lipinski definition) is 0. The molecule has 28 heavy (non-hydrogen) atoms. The fourth-order valence-electron chi connectivity index (χ4n) is 3.55. The second kappa shape index (κ2) is 7.21. The molecular weight excluding hydrogens is 396 g/mol. The average Bonchev–Trinajstić information content (AvgIpc) is 3.44. The lowest BCUT2D eigenvalue weighted by Gasteiger charge is -2.11. The number of thioether (sulfide) groups is 1. The summed E-state index contributed by atoms with van der Waals surface area (Å²) in [5.41, 5.74) is 1.29. The molecule has 1 aliphatic carbocycles. The van der Waals surface area contributed by atoms with Gasteiger partial charge in [0, 0.05) is 11.4 Å². The molecular formula is C19H18N4O3S2. The monoisotopic (exact) mass is 414 g/mol. The first-order valence-corrected chi connectivity index (χ1v) is 11.1. The fraction of sp³-hybridized carbons (Fsp3) is 0.368. The molecule has 0 fully saturated rings. The third-order valence-electron chi connectivity index (χ3n) is 4.88. The van der Waals surface area contributed by atoms with Crippen LogP contribution >= 0.6 is 23.1 Å². The minimum Gasteiger partial charge on any atom is -0.459 e. The molecule has 4 aromatic heterocycles. The lowest BCUT2D eigenvalue weighted by Crippen LogP contribution is -2.23. The molecule has 0 spiro atoms. The van der Waals surface area contributed by atoms with E-state index >= 15 is 0 Å². The van der Waals surface area contributed by atoms with E-state index in [2.05, 4.69) is 10.2 Å². The third-order valence-corrected chi connectivity index (χ3v) is 7.03. The fourth-order valence-corrected chi connectivity index (χ4v) is 5.75. The maximum Gasteiger partial charge on any atom is 0.283 e. The van der Waals surface area contributed by atoms with E-state index in [-0.39, 0.29) is 5.56 Å². The number of hydrogen-bond acceptors (Lipinski definition) is 8. The highest BCUT2D eigenvalue weighted by Crippen LogP contribution is 2.35. The standard InChI is InChI=1S/C19H18N4O3S2/c1-2-23-18(24)15-11-6-3-4-8-13(11)28-17(15)20-19(23)27-10-14-21-22-16(26-14)12-7-5-9-25-12/h5,7,9H,2-4,6,8,10H2,1H3. The van der Waals surface area contributed by atoms with Gasteiger partial charge in [-0.2, -0.15) is 0 Å². The zero-order valence-corrected chi connectivity index (χ0v) is 16.9. The van der Waals surface area contributed by atoms with Crippen molar-refractivity contribution >= 4 is 33.3 Å². The normalized spacial score (nSPS) is 13.9. The summed E-state index contributed by atoms with van der Waals surface area (Å²) in [6.07, 6.45) is 5.95. The first-order valence-electron chi connectivity index (χ1n) is 9.28. The average molecular weight is 415 g/mol. The molecule has 0 saturated heterocycles. The molecule has 0 atom stereocenters. The summed E-state index contributed by atoms with van der Waals surface area (Å²) in [4.78, 5) is 20.1. The van der Waals surface area contributed by atoms with Gasteiger partial charge in [-0.3, -0.25) is 9.36 Å². The first kappa shape index (κ1) is 17.7. The van der Waals surface area contributed by atoms with Gasteiger partial charge in [-0.05, 0) is 50.3 Å². The zero-order valence-electron chi connectivity index (χ0n) is 15.3. The van der Waals surface area contributed by atoms with Crippen LogP contribution in [-0.4, -0.2) is 19.7 Å². The van der Waals surface area contributed by atoms with E-state index in [1.165, 1.54) is 28.6 Å². The summed E-state index contributed by atoms with van der Waals surface area (Å²) in [5.74, 6) is 1.80. The minimum atomic E-state index is 0.0659. The smallest absolute Gasteiger partial charge is 0.283 e. The van der Waals surface area contributed by atoms with Crippen molar-refractivity contribution in [3.8, 4) is 11.7 Å². The van der Waals surface area contributed by atoms with E-state index in [4.69, 9.17) is 13.8 Å². The van der Waals surface area contributed by atoms with Crippen LogP contribution in [0.5, 0.6) is 0 Å². The van der Waals surface area contributed by atoms with Crippen LogP contribution in [0.4, 0.5) is 0 Å². The highest BCUT2D eigenvalue weighted by Gasteiger charge is 2.22. The van der Waals surface area contributed by atoms with E-state index in [9.17, 15) is 4.79 Å². The summed E-state index contributed by atoms with van der Waals surface area (Å²) in [5, 5.41) is 9.60. The van der Waals surface area contributed by atoms with E-state index in [1.807, 2.05) is 6.92 Å². The van der Waals surface area contributed by atoms with Crippen LogP contribution in [0.3, 0.4) is 0 Å². The Kier molecular flexibility index (Phi) is 4.56. The van der Waals surface area contributed by atoms with Crippen LogP contribution in [0, 0.1) is 0 Å². The largest absolute Gasteiger partial charge is 0.459 e. The molecule has 0 bridgehead atoms. The van der Waals surface area contributed by atoms with Gasteiger partial charge in [-0.15, -0.1) is 21.5 Å². The van der Waals surface area contributed by atoms with Crippen molar-refractivity contribution in [2.45, 2.75) is 50.1 Å². The molecule has 0 unspecified atom stereocenters. The van der Waals surface area contributed by atoms with Gasteiger partial charge >= 0.3 is 0 Å². The molecule has 0 N–H and O–H groups in total. The maximum absolute atomic E-state index is 13.1. The third kappa shape index (κ3) is 2.98. The molecule has 144 valence electrons. The molecule has 4 aromatic rings. The van der Waals surface area contributed by atoms with Crippen LogP contribution in [0.15, 0.2) is 37.2 Å². The number of aryl methyl sites for hydroxylation is 2. The summed E-state index contributed by atoms with van der Waals surface area (Å²) in [6, 6.07) is 3.54. The highest BCUT2D eigenvalue weighted by atomic mass is 32.2. The topological polar surface area (TPSA) is 86.9 Å². The maximum atomic E-state index is 13.1. The van der Waals surface area contributed by atoms with Crippen molar-refractivity contribution in [1.29, 1.82) is 0 Å². The molecule has 0 saturated carbocycles.